The van der Waals surface area contributed by atoms with Crippen LogP contribution in [0.2, 0.25) is 0 Å². The summed E-state index contributed by atoms with van der Waals surface area (Å²) in [7, 11) is 0. The lowest BCUT2D eigenvalue weighted by Crippen LogP contribution is -2.30. The average Bonchev–Trinajstić information content (AvgIpc) is 2.68. The molecule has 1 aliphatic heterocycles. The van der Waals surface area contributed by atoms with Crippen molar-refractivity contribution in [3.63, 3.8) is 0 Å². The van der Waals surface area contributed by atoms with E-state index in [1.807, 2.05) is 0 Å². The van der Waals surface area contributed by atoms with Crippen molar-refractivity contribution in [1.82, 2.24) is 4.90 Å². The molecular weight excluding hydrogens is 343 g/mol. The van der Waals surface area contributed by atoms with Crippen LogP contribution in [-0.2, 0) is 6.18 Å². The number of nitrogens with zero attached hydrogens (tertiary/aromatic N) is 1. The lowest BCUT2D eigenvalue weighted by Gasteiger charge is -2.17. The van der Waals surface area contributed by atoms with Crippen molar-refractivity contribution in [3.8, 4) is 0 Å². The summed E-state index contributed by atoms with van der Waals surface area (Å²) in [5.74, 6) is -0.654. The summed E-state index contributed by atoms with van der Waals surface area (Å²) in [5, 5.41) is 18.7. The molecule has 1 aliphatic rings. The molecule has 1 fully saturated rings. The van der Waals surface area contributed by atoms with Crippen LogP contribution in [0.5, 0.6) is 0 Å². The van der Waals surface area contributed by atoms with E-state index in [-0.39, 0.29) is 23.1 Å². The minimum absolute atomic E-state index is 0.0998. The van der Waals surface area contributed by atoms with Crippen LogP contribution in [0.3, 0.4) is 0 Å². The van der Waals surface area contributed by atoms with E-state index in [0.717, 1.165) is 17.0 Å². The number of likely N-dealkylation sites (tertiary alicyclic amines) is 1. The van der Waals surface area contributed by atoms with Crippen LogP contribution in [0, 0.1) is 0 Å². The molecule has 1 saturated heterocycles. The van der Waals surface area contributed by atoms with E-state index >= 15 is 0 Å². The number of amides is 1. The third kappa shape index (κ3) is 2.97. The van der Waals surface area contributed by atoms with Crippen molar-refractivity contribution in [1.29, 1.82) is 0 Å². The predicted octanol–water partition coefficient (Wildman–Crippen LogP) is 1.65. The number of hydrogen-bond donors (Lipinski definition) is 2. The Balaban J connectivity index is 2.28. The van der Waals surface area contributed by atoms with Gasteiger partial charge in [-0.15, -0.1) is 0 Å². The Hall–Kier alpha value is -1.12. The lowest BCUT2D eigenvalue weighted by molar-refractivity contribution is -0.138. The maximum atomic E-state index is 12.8. The molecule has 110 valence electrons. The summed E-state index contributed by atoms with van der Waals surface area (Å²) in [6, 6.07) is 3.17. The Labute approximate surface area is 120 Å². The summed E-state index contributed by atoms with van der Waals surface area (Å²) in [6.07, 6.45) is -6.72. The molecule has 1 heterocycles. The van der Waals surface area contributed by atoms with Gasteiger partial charge in [-0.2, -0.15) is 13.2 Å². The number of carbonyl (C=O) groups is 1. The summed E-state index contributed by atoms with van der Waals surface area (Å²) < 4.78 is 38.1. The summed E-state index contributed by atoms with van der Waals surface area (Å²) >= 11 is 2.79. The highest BCUT2D eigenvalue weighted by atomic mass is 79.9. The molecule has 2 N–H and O–H groups in total. The molecule has 0 aliphatic carbocycles. The topological polar surface area (TPSA) is 60.8 Å². The van der Waals surface area contributed by atoms with Gasteiger partial charge in [-0.25, -0.2) is 0 Å². The molecule has 0 aromatic heterocycles. The fourth-order valence-corrected chi connectivity index (χ4v) is 2.46. The molecule has 8 heteroatoms. The summed E-state index contributed by atoms with van der Waals surface area (Å²) in [4.78, 5) is 13.2. The van der Waals surface area contributed by atoms with Crippen molar-refractivity contribution in [3.05, 3.63) is 33.8 Å². The molecule has 1 aromatic rings. The zero-order chi connectivity index (χ0) is 15.1. The van der Waals surface area contributed by atoms with Gasteiger partial charge < -0.3 is 15.1 Å². The molecule has 0 unspecified atom stereocenters. The zero-order valence-electron chi connectivity index (χ0n) is 10.1. The van der Waals surface area contributed by atoms with Gasteiger partial charge in [-0.05, 0) is 18.2 Å². The monoisotopic (exact) mass is 353 g/mol. The van der Waals surface area contributed by atoms with Crippen LogP contribution in [0.4, 0.5) is 13.2 Å². The second kappa shape index (κ2) is 5.34. The third-order valence-corrected chi connectivity index (χ3v) is 3.76. The minimum atomic E-state index is -4.57. The van der Waals surface area contributed by atoms with Crippen LogP contribution >= 0.6 is 15.9 Å². The van der Waals surface area contributed by atoms with Crippen LogP contribution in [0.15, 0.2) is 22.7 Å². The quantitative estimate of drug-likeness (QED) is 0.806. The second-order valence-corrected chi connectivity index (χ2v) is 5.39. The fourth-order valence-electron chi connectivity index (χ4n) is 1.99. The molecule has 0 radical (unpaired) electrons. The van der Waals surface area contributed by atoms with E-state index in [1.54, 1.807) is 0 Å². The first-order valence-corrected chi connectivity index (χ1v) is 6.51. The molecular formula is C12H11BrF3NO3. The van der Waals surface area contributed by atoms with Gasteiger partial charge in [0.15, 0.2) is 0 Å². The van der Waals surface area contributed by atoms with Crippen molar-refractivity contribution in [2.24, 2.45) is 0 Å². The maximum Gasteiger partial charge on any atom is 0.417 e. The van der Waals surface area contributed by atoms with Crippen molar-refractivity contribution in [2.75, 3.05) is 13.1 Å². The van der Waals surface area contributed by atoms with Gasteiger partial charge in [0, 0.05) is 23.1 Å². The number of benzene rings is 1. The first kappa shape index (κ1) is 15.3. The van der Waals surface area contributed by atoms with Crippen LogP contribution in [-0.4, -0.2) is 46.3 Å². The Bertz CT molecular complexity index is 525. The SMILES string of the molecule is O=C(c1ccc(Br)c(C(F)(F)F)c1)N1C[C@@H](O)[C@@H](O)C1. The highest BCUT2D eigenvalue weighted by Gasteiger charge is 2.36. The molecule has 0 saturated carbocycles. The predicted molar refractivity (Wildman–Crippen MR) is 67.1 cm³/mol. The minimum Gasteiger partial charge on any atom is -0.388 e. The number of alkyl halides is 3. The summed E-state index contributed by atoms with van der Waals surface area (Å²) in [6.45, 7) is -0.200. The Morgan fingerprint density at radius 1 is 1.25 bits per heavy atom. The van der Waals surface area contributed by atoms with Crippen molar-refractivity contribution < 1.29 is 28.2 Å². The van der Waals surface area contributed by atoms with Gasteiger partial charge in [0.2, 0.25) is 0 Å². The molecule has 4 nitrogen and oxygen atoms in total. The molecule has 20 heavy (non-hydrogen) atoms. The van der Waals surface area contributed by atoms with E-state index in [4.69, 9.17) is 0 Å². The van der Waals surface area contributed by atoms with Crippen LogP contribution < -0.4 is 0 Å². The Morgan fingerprint density at radius 3 is 2.30 bits per heavy atom. The standard InChI is InChI=1S/C12H11BrF3NO3/c13-8-2-1-6(3-7(8)12(14,15)16)11(20)17-4-9(18)10(19)5-17/h1-3,9-10,18-19H,4-5H2/t9-,10+. The highest BCUT2D eigenvalue weighted by Crippen LogP contribution is 2.35. The number of aliphatic hydroxyl groups is 2. The Kier molecular flexibility index (Phi) is 4.08. The first-order valence-electron chi connectivity index (χ1n) is 5.72. The average molecular weight is 354 g/mol. The largest absolute Gasteiger partial charge is 0.417 e. The number of hydrogen-bond acceptors (Lipinski definition) is 3. The number of aliphatic hydroxyl groups excluding tert-OH is 2. The van der Waals surface area contributed by atoms with Gasteiger partial charge in [0.1, 0.15) is 0 Å². The van der Waals surface area contributed by atoms with Gasteiger partial charge in [-0.3, -0.25) is 4.79 Å². The van der Waals surface area contributed by atoms with Crippen molar-refractivity contribution in [2.45, 2.75) is 18.4 Å². The smallest absolute Gasteiger partial charge is 0.388 e. The van der Waals surface area contributed by atoms with Gasteiger partial charge >= 0.3 is 6.18 Å². The zero-order valence-corrected chi connectivity index (χ0v) is 11.6. The number of β-amino-alcohol motifs (C(OH)–C–C–N with tert-alkyl or cyclic N) is 2. The maximum absolute atomic E-state index is 12.8. The molecule has 1 amide bonds. The third-order valence-electron chi connectivity index (χ3n) is 3.06. The fraction of sp³-hybridized carbons (Fsp3) is 0.417. The van der Waals surface area contributed by atoms with E-state index in [0.29, 0.717) is 0 Å². The Morgan fingerprint density at radius 2 is 1.80 bits per heavy atom. The molecule has 1 aromatic carbocycles. The molecule has 0 bridgehead atoms. The van der Waals surface area contributed by atoms with Crippen LogP contribution in [0.1, 0.15) is 15.9 Å². The number of carbonyl (C=O) groups excluding carboxylic acids is 1. The van der Waals surface area contributed by atoms with Gasteiger partial charge in [0.25, 0.3) is 5.91 Å². The van der Waals surface area contributed by atoms with E-state index in [1.165, 1.54) is 6.07 Å². The lowest BCUT2D eigenvalue weighted by atomic mass is 10.1. The number of halogens is 4. The van der Waals surface area contributed by atoms with Crippen molar-refractivity contribution >= 4 is 21.8 Å². The second-order valence-electron chi connectivity index (χ2n) is 4.54. The van der Waals surface area contributed by atoms with Gasteiger partial charge in [0.05, 0.1) is 17.8 Å². The van der Waals surface area contributed by atoms with E-state index in [2.05, 4.69) is 15.9 Å². The highest BCUT2D eigenvalue weighted by molar-refractivity contribution is 9.10. The molecule has 0 spiro atoms. The number of rotatable bonds is 1. The first-order chi connectivity index (χ1) is 9.20. The molecule has 2 atom stereocenters. The van der Waals surface area contributed by atoms with Crippen LogP contribution in [0.25, 0.3) is 0 Å². The van der Waals surface area contributed by atoms with E-state index < -0.39 is 29.9 Å². The normalized spacial score (nSPS) is 23.2. The van der Waals surface area contributed by atoms with Gasteiger partial charge in [-0.1, -0.05) is 15.9 Å². The summed E-state index contributed by atoms with van der Waals surface area (Å²) in [5.41, 5.74) is -1.08. The molecule has 2 rings (SSSR count). The van der Waals surface area contributed by atoms with E-state index in [9.17, 15) is 28.2 Å².